The van der Waals surface area contributed by atoms with Crippen molar-refractivity contribution in [2.75, 3.05) is 7.11 Å². The Bertz CT molecular complexity index is 1120. The molecule has 2 aromatic carbocycles. The number of nitrogens with zero attached hydrogens (tertiary/aromatic N) is 1. The van der Waals surface area contributed by atoms with E-state index in [0.29, 0.717) is 6.42 Å². The Morgan fingerprint density at radius 3 is 2.14 bits per heavy atom. The van der Waals surface area contributed by atoms with E-state index in [4.69, 9.17) is 31.5 Å². The zero-order chi connectivity index (χ0) is 27.8. The third-order valence-electron chi connectivity index (χ3n) is 4.57. The summed E-state index contributed by atoms with van der Waals surface area (Å²) in [4.78, 5) is 36.5. The Balaban J connectivity index is 0.000000290. The molecule has 0 aliphatic carbocycles. The van der Waals surface area contributed by atoms with Crippen LogP contribution >= 0.6 is 11.6 Å². The molecule has 0 radical (unpaired) electrons. The van der Waals surface area contributed by atoms with Crippen molar-refractivity contribution < 1.29 is 28.6 Å². The summed E-state index contributed by atoms with van der Waals surface area (Å²) in [7, 11) is 1.38. The molecule has 1 amide bonds. The van der Waals surface area contributed by atoms with E-state index in [-0.39, 0.29) is 29.3 Å². The van der Waals surface area contributed by atoms with Gasteiger partial charge in [0.2, 0.25) is 5.75 Å². The summed E-state index contributed by atoms with van der Waals surface area (Å²) in [6.07, 6.45) is 2.53. The van der Waals surface area contributed by atoms with Crippen LogP contribution in [0.2, 0.25) is 5.02 Å². The number of amides is 1. The number of esters is 2. The molecule has 0 fully saturated rings. The smallest absolute Gasteiger partial charge is 0.308 e. The van der Waals surface area contributed by atoms with Crippen molar-refractivity contribution in [3.05, 3.63) is 88.7 Å². The number of pyridine rings is 1. The number of carbonyl (C=O) groups is 3. The molecule has 1 unspecified atom stereocenters. The van der Waals surface area contributed by atoms with Crippen molar-refractivity contribution in [1.29, 1.82) is 0 Å². The number of primary amides is 1. The molecule has 2 N–H and O–H groups in total. The van der Waals surface area contributed by atoms with Gasteiger partial charge in [0.1, 0.15) is 6.10 Å². The summed E-state index contributed by atoms with van der Waals surface area (Å²) < 4.78 is 14.9. The Morgan fingerprint density at radius 2 is 1.65 bits per heavy atom. The van der Waals surface area contributed by atoms with Crippen LogP contribution < -0.4 is 15.2 Å². The first-order valence-electron chi connectivity index (χ1n) is 11.5. The third kappa shape index (κ3) is 12.6. The van der Waals surface area contributed by atoms with E-state index < -0.39 is 11.9 Å². The molecule has 3 rings (SSSR count). The lowest BCUT2D eigenvalue weighted by Gasteiger charge is -2.12. The van der Waals surface area contributed by atoms with Gasteiger partial charge in [-0.1, -0.05) is 66.6 Å². The van der Waals surface area contributed by atoms with E-state index in [0.717, 1.165) is 11.4 Å². The maximum Gasteiger partial charge on any atom is 0.308 e. The average Bonchev–Trinajstić information content (AvgIpc) is 2.86. The van der Waals surface area contributed by atoms with Gasteiger partial charge in [0.25, 0.3) is 5.91 Å². The van der Waals surface area contributed by atoms with Gasteiger partial charge in [-0.25, -0.2) is 4.98 Å². The van der Waals surface area contributed by atoms with Gasteiger partial charge in [-0.05, 0) is 31.5 Å². The van der Waals surface area contributed by atoms with Crippen LogP contribution in [-0.4, -0.2) is 36.0 Å². The number of nitrogens with two attached hydrogens (primary N) is 1. The predicted molar refractivity (Wildman–Crippen MR) is 143 cm³/mol. The van der Waals surface area contributed by atoms with E-state index in [1.807, 2.05) is 68.4 Å². The number of carbonyl (C=O) groups excluding carboxylic acids is 3. The number of halogens is 1. The lowest BCUT2D eigenvalue weighted by molar-refractivity contribution is -0.147. The van der Waals surface area contributed by atoms with Crippen LogP contribution in [0.25, 0.3) is 0 Å². The number of hydrogen-bond donors (Lipinski definition) is 1. The van der Waals surface area contributed by atoms with E-state index >= 15 is 0 Å². The summed E-state index contributed by atoms with van der Waals surface area (Å²) in [6, 6.07) is 19.2. The molecule has 8 nitrogen and oxygen atoms in total. The molecule has 0 saturated carbocycles. The minimum Gasteiger partial charge on any atom is -0.493 e. The molecule has 0 bridgehead atoms. The number of ether oxygens (including phenoxy) is 3. The van der Waals surface area contributed by atoms with Crippen LogP contribution in [0.5, 0.6) is 11.5 Å². The van der Waals surface area contributed by atoms with E-state index in [9.17, 15) is 14.4 Å². The van der Waals surface area contributed by atoms with Crippen LogP contribution in [0.1, 0.15) is 48.8 Å². The van der Waals surface area contributed by atoms with Crippen LogP contribution in [0.3, 0.4) is 0 Å². The van der Waals surface area contributed by atoms with Crippen molar-refractivity contribution in [1.82, 2.24) is 4.98 Å². The highest BCUT2D eigenvalue weighted by molar-refractivity contribution is 6.30. The highest BCUT2D eigenvalue weighted by Gasteiger charge is 2.18. The first-order valence-corrected chi connectivity index (χ1v) is 11.9. The van der Waals surface area contributed by atoms with Gasteiger partial charge in [-0.3, -0.25) is 14.4 Å². The molecule has 9 heteroatoms. The minimum absolute atomic E-state index is 0.0372. The fourth-order valence-corrected chi connectivity index (χ4v) is 2.96. The number of hydrogen-bond acceptors (Lipinski definition) is 7. The quantitative estimate of drug-likeness (QED) is 0.411. The summed E-state index contributed by atoms with van der Waals surface area (Å²) in [5.74, 6) is -1.32. The summed E-state index contributed by atoms with van der Waals surface area (Å²) in [6.45, 7) is 6.96. The molecule has 37 heavy (non-hydrogen) atoms. The highest BCUT2D eigenvalue weighted by atomic mass is 35.5. The number of methoxy groups -OCH3 is 1. The molecule has 1 aromatic heterocycles. The monoisotopic (exact) mass is 528 g/mol. The largest absolute Gasteiger partial charge is 0.493 e. The molecular formula is C28H33ClN2O6. The lowest BCUT2D eigenvalue weighted by atomic mass is 10.1. The second-order valence-electron chi connectivity index (χ2n) is 7.79. The van der Waals surface area contributed by atoms with Crippen LogP contribution in [0.15, 0.2) is 66.9 Å². The standard InChI is InChI=1S/C12H16O2.C9H10N2O4.C7H7Cl/c1-3-12(13)14-10(2)9-11-7-5-4-6-8-11;1-5(12)15-8-6(14-2)3-4-11-7(8)9(10)13;1-6-2-4-7(8)5-3-6/h4-8,10H,3,9H2,1-2H3;3-4H,1-2H3,(H2,10,13);2-5H,1H3. The van der Waals surface area contributed by atoms with Gasteiger partial charge >= 0.3 is 11.9 Å². The van der Waals surface area contributed by atoms with Gasteiger partial charge < -0.3 is 19.9 Å². The summed E-state index contributed by atoms with van der Waals surface area (Å²) >= 11 is 5.61. The maximum absolute atomic E-state index is 11.0. The Labute approximate surface area is 222 Å². The molecular weight excluding hydrogens is 496 g/mol. The zero-order valence-corrected chi connectivity index (χ0v) is 22.5. The summed E-state index contributed by atoms with van der Waals surface area (Å²) in [5.41, 5.74) is 7.37. The average molecular weight is 529 g/mol. The maximum atomic E-state index is 11.0. The van der Waals surface area contributed by atoms with Gasteiger partial charge in [-0.15, -0.1) is 0 Å². The van der Waals surface area contributed by atoms with Crippen molar-refractivity contribution in [3.63, 3.8) is 0 Å². The Kier molecular flexibility index (Phi) is 14.1. The molecule has 1 heterocycles. The summed E-state index contributed by atoms with van der Waals surface area (Å²) in [5, 5.41) is 0.801. The second-order valence-corrected chi connectivity index (χ2v) is 8.22. The Hall–Kier alpha value is -3.91. The van der Waals surface area contributed by atoms with Crippen molar-refractivity contribution in [2.45, 2.75) is 46.6 Å². The van der Waals surface area contributed by atoms with Gasteiger partial charge in [0.15, 0.2) is 11.4 Å². The Morgan fingerprint density at radius 1 is 1.03 bits per heavy atom. The van der Waals surface area contributed by atoms with E-state index in [2.05, 4.69) is 4.98 Å². The number of benzene rings is 2. The van der Waals surface area contributed by atoms with Crippen molar-refractivity contribution in [2.24, 2.45) is 5.73 Å². The molecule has 198 valence electrons. The fourth-order valence-electron chi connectivity index (χ4n) is 2.84. The zero-order valence-electron chi connectivity index (χ0n) is 21.7. The van der Waals surface area contributed by atoms with E-state index in [1.165, 1.54) is 37.4 Å². The first-order chi connectivity index (χ1) is 17.6. The molecule has 1 atom stereocenters. The van der Waals surface area contributed by atoms with Crippen molar-refractivity contribution in [3.8, 4) is 11.5 Å². The van der Waals surface area contributed by atoms with Gasteiger partial charge in [0.05, 0.1) is 7.11 Å². The molecule has 0 spiro atoms. The fraction of sp³-hybridized carbons (Fsp3) is 0.286. The van der Waals surface area contributed by atoms with Crippen LogP contribution in [-0.2, 0) is 20.7 Å². The van der Waals surface area contributed by atoms with Gasteiger partial charge in [0, 0.05) is 37.1 Å². The lowest BCUT2D eigenvalue weighted by Crippen LogP contribution is -2.16. The number of aryl methyl sites for hydroxylation is 1. The molecule has 0 aliphatic heterocycles. The second kappa shape index (κ2) is 16.7. The van der Waals surface area contributed by atoms with Crippen molar-refractivity contribution >= 4 is 29.4 Å². The molecule has 0 aliphatic rings. The predicted octanol–water partition coefficient (Wildman–Crippen LogP) is 5.33. The molecule has 0 saturated heterocycles. The van der Waals surface area contributed by atoms with Crippen LogP contribution in [0, 0.1) is 6.92 Å². The first kappa shape index (κ1) is 31.1. The van der Waals surface area contributed by atoms with Gasteiger partial charge in [-0.2, -0.15) is 0 Å². The number of aromatic nitrogens is 1. The van der Waals surface area contributed by atoms with E-state index in [1.54, 1.807) is 6.92 Å². The SMILES string of the molecule is CCC(=O)OC(C)Cc1ccccc1.COc1ccnc(C(N)=O)c1OC(C)=O.Cc1ccc(Cl)cc1. The highest BCUT2D eigenvalue weighted by Crippen LogP contribution is 2.29. The number of rotatable bonds is 7. The topological polar surface area (TPSA) is 118 Å². The normalized spacial score (nSPS) is 10.4. The van der Waals surface area contributed by atoms with Crippen LogP contribution in [0.4, 0.5) is 0 Å². The minimum atomic E-state index is -0.787. The third-order valence-corrected chi connectivity index (χ3v) is 4.82. The molecule has 3 aromatic rings.